The third-order valence-corrected chi connectivity index (χ3v) is 5.18. The number of ether oxygens (including phenoxy) is 1. The number of amides is 1. The third kappa shape index (κ3) is 4.27. The van der Waals surface area contributed by atoms with E-state index in [2.05, 4.69) is 24.4 Å². The van der Waals surface area contributed by atoms with Gasteiger partial charge in [-0.3, -0.25) is 4.79 Å². The fraction of sp³-hybridized carbons (Fsp3) is 0.240. The minimum absolute atomic E-state index is 0.0384. The minimum Gasteiger partial charge on any atom is -0.494 e. The van der Waals surface area contributed by atoms with Crippen molar-refractivity contribution >= 4 is 11.6 Å². The Hall–Kier alpha value is -3.27. The number of unbranched alkanes of at least 4 members (excludes halogenated alkanes) is 1. The van der Waals surface area contributed by atoms with Crippen molar-refractivity contribution in [1.29, 1.82) is 0 Å². The van der Waals surface area contributed by atoms with Gasteiger partial charge in [-0.05, 0) is 41.8 Å². The van der Waals surface area contributed by atoms with Gasteiger partial charge in [0.1, 0.15) is 11.9 Å². The number of para-hydroxylation sites is 1. The zero-order valence-corrected chi connectivity index (χ0v) is 16.7. The number of fused-ring (bicyclic) bond motifs is 1. The van der Waals surface area contributed by atoms with Crippen LogP contribution in [0.2, 0.25) is 0 Å². The molecule has 148 valence electrons. The number of hydrogen-bond donors (Lipinski definition) is 1. The van der Waals surface area contributed by atoms with Crippen molar-refractivity contribution in [2.24, 2.45) is 0 Å². The van der Waals surface area contributed by atoms with Crippen LogP contribution in [0.3, 0.4) is 0 Å². The Bertz CT molecular complexity index is 954. The normalized spacial score (nSPS) is 15.6. The van der Waals surface area contributed by atoms with Gasteiger partial charge in [-0.1, -0.05) is 67.9 Å². The predicted molar refractivity (Wildman–Crippen MR) is 116 cm³/mol. The van der Waals surface area contributed by atoms with Gasteiger partial charge in [0.15, 0.2) is 0 Å². The highest BCUT2D eigenvalue weighted by atomic mass is 16.5. The molecule has 0 aliphatic carbocycles. The van der Waals surface area contributed by atoms with Crippen LogP contribution >= 0.6 is 0 Å². The lowest BCUT2D eigenvalue weighted by Gasteiger charge is -2.38. The lowest BCUT2D eigenvalue weighted by atomic mass is 10.0. The van der Waals surface area contributed by atoms with Gasteiger partial charge in [-0.2, -0.15) is 0 Å². The molecular formula is C25H26N2O2. The quantitative estimate of drug-likeness (QED) is 0.535. The minimum atomic E-state index is -0.234. The molecule has 0 saturated heterocycles. The SMILES string of the molecule is CCCCOc1ccc(C2Nc3ccccc3C(=O)N2Cc2ccccc2)cc1. The molecular weight excluding hydrogens is 360 g/mol. The average Bonchev–Trinajstić information content (AvgIpc) is 2.77. The van der Waals surface area contributed by atoms with Crippen molar-refractivity contribution in [3.8, 4) is 5.75 Å². The molecule has 4 heteroatoms. The Labute approximate surface area is 172 Å². The van der Waals surface area contributed by atoms with Crippen LogP contribution in [0, 0.1) is 0 Å². The predicted octanol–water partition coefficient (Wildman–Crippen LogP) is 5.63. The van der Waals surface area contributed by atoms with Crippen molar-refractivity contribution in [2.45, 2.75) is 32.5 Å². The summed E-state index contributed by atoms with van der Waals surface area (Å²) in [6.07, 6.45) is 1.92. The highest BCUT2D eigenvalue weighted by Crippen LogP contribution is 2.34. The molecule has 0 aromatic heterocycles. The standard InChI is InChI=1S/C25H26N2O2/c1-2-3-17-29-21-15-13-20(14-16-21)24-26-23-12-8-7-11-22(23)25(28)27(24)18-19-9-5-4-6-10-19/h4-16,24,26H,2-3,17-18H2,1H3. The van der Waals surface area contributed by atoms with Crippen LogP contribution in [0.1, 0.15) is 47.4 Å². The van der Waals surface area contributed by atoms with Crippen LogP contribution in [-0.2, 0) is 6.54 Å². The highest BCUT2D eigenvalue weighted by Gasteiger charge is 2.32. The van der Waals surface area contributed by atoms with E-state index in [9.17, 15) is 4.79 Å². The van der Waals surface area contributed by atoms with Gasteiger partial charge in [0.25, 0.3) is 5.91 Å². The molecule has 0 saturated carbocycles. The van der Waals surface area contributed by atoms with Gasteiger partial charge in [-0.25, -0.2) is 0 Å². The maximum absolute atomic E-state index is 13.3. The smallest absolute Gasteiger partial charge is 0.258 e. The summed E-state index contributed by atoms with van der Waals surface area (Å²) in [6, 6.07) is 25.8. The van der Waals surface area contributed by atoms with E-state index in [1.54, 1.807) is 0 Å². The van der Waals surface area contributed by atoms with Crippen molar-refractivity contribution in [3.05, 3.63) is 95.6 Å². The van der Waals surface area contributed by atoms with E-state index in [0.29, 0.717) is 12.1 Å². The zero-order chi connectivity index (χ0) is 20.1. The molecule has 1 unspecified atom stereocenters. The van der Waals surface area contributed by atoms with E-state index in [4.69, 9.17) is 4.74 Å². The maximum atomic E-state index is 13.3. The molecule has 1 N–H and O–H groups in total. The summed E-state index contributed by atoms with van der Waals surface area (Å²) in [5.74, 6) is 0.899. The summed E-state index contributed by atoms with van der Waals surface area (Å²) in [7, 11) is 0. The number of nitrogens with zero attached hydrogens (tertiary/aromatic N) is 1. The van der Waals surface area contributed by atoms with Gasteiger partial charge < -0.3 is 15.0 Å². The largest absolute Gasteiger partial charge is 0.494 e. The number of carbonyl (C=O) groups excluding carboxylic acids is 1. The molecule has 0 spiro atoms. The summed E-state index contributed by atoms with van der Waals surface area (Å²) in [5.41, 5.74) is 3.72. The third-order valence-electron chi connectivity index (χ3n) is 5.18. The Morgan fingerprint density at radius 2 is 1.66 bits per heavy atom. The number of carbonyl (C=O) groups is 1. The average molecular weight is 386 g/mol. The molecule has 1 heterocycles. The van der Waals surface area contributed by atoms with Gasteiger partial charge in [-0.15, -0.1) is 0 Å². The van der Waals surface area contributed by atoms with Crippen LogP contribution < -0.4 is 10.1 Å². The van der Waals surface area contributed by atoms with Crippen molar-refractivity contribution < 1.29 is 9.53 Å². The van der Waals surface area contributed by atoms with Crippen molar-refractivity contribution in [2.75, 3.05) is 11.9 Å². The van der Waals surface area contributed by atoms with E-state index in [-0.39, 0.29) is 12.1 Å². The number of nitrogens with one attached hydrogen (secondary N) is 1. The van der Waals surface area contributed by atoms with Crippen LogP contribution in [0.25, 0.3) is 0 Å². The first-order chi connectivity index (χ1) is 14.3. The second-order valence-electron chi connectivity index (χ2n) is 7.28. The zero-order valence-electron chi connectivity index (χ0n) is 16.7. The second kappa shape index (κ2) is 8.82. The van der Waals surface area contributed by atoms with Crippen LogP contribution in [0.5, 0.6) is 5.75 Å². The monoisotopic (exact) mass is 386 g/mol. The molecule has 29 heavy (non-hydrogen) atoms. The molecule has 1 atom stereocenters. The molecule has 0 radical (unpaired) electrons. The van der Waals surface area contributed by atoms with Gasteiger partial charge >= 0.3 is 0 Å². The number of hydrogen-bond acceptors (Lipinski definition) is 3. The molecule has 3 aromatic rings. The lowest BCUT2D eigenvalue weighted by molar-refractivity contribution is 0.0666. The van der Waals surface area contributed by atoms with Gasteiger partial charge in [0, 0.05) is 12.2 Å². The summed E-state index contributed by atoms with van der Waals surface area (Å²) in [6.45, 7) is 3.42. The molecule has 4 rings (SSSR count). The molecule has 0 bridgehead atoms. The molecule has 1 aliphatic rings. The lowest BCUT2D eigenvalue weighted by Crippen LogP contribution is -2.42. The fourth-order valence-electron chi connectivity index (χ4n) is 3.58. The van der Waals surface area contributed by atoms with E-state index in [1.807, 2.05) is 71.6 Å². The topological polar surface area (TPSA) is 41.6 Å². The van der Waals surface area contributed by atoms with E-state index < -0.39 is 0 Å². The molecule has 3 aromatic carbocycles. The summed E-state index contributed by atoms with van der Waals surface area (Å²) in [5, 5.41) is 3.55. The van der Waals surface area contributed by atoms with E-state index in [0.717, 1.165) is 42.0 Å². The fourth-order valence-corrected chi connectivity index (χ4v) is 3.58. The summed E-state index contributed by atoms with van der Waals surface area (Å²) in [4.78, 5) is 15.2. The highest BCUT2D eigenvalue weighted by molar-refractivity contribution is 6.01. The number of anilines is 1. The van der Waals surface area contributed by atoms with Crippen molar-refractivity contribution in [1.82, 2.24) is 4.90 Å². The maximum Gasteiger partial charge on any atom is 0.258 e. The van der Waals surface area contributed by atoms with E-state index >= 15 is 0 Å². The Morgan fingerprint density at radius 1 is 0.931 bits per heavy atom. The Balaban J connectivity index is 1.62. The summed E-state index contributed by atoms with van der Waals surface area (Å²) < 4.78 is 5.79. The van der Waals surface area contributed by atoms with Crippen LogP contribution in [-0.4, -0.2) is 17.4 Å². The second-order valence-corrected chi connectivity index (χ2v) is 7.28. The van der Waals surface area contributed by atoms with Gasteiger partial charge in [0.05, 0.1) is 12.2 Å². The Morgan fingerprint density at radius 3 is 2.41 bits per heavy atom. The molecule has 1 amide bonds. The van der Waals surface area contributed by atoms with Crippen molar-refractivity contribution in [3.63, 3.8) is 0 Å². The van der Waals surface area contributed by atoms with Crippen LogP contribution in [0.15, 0.2) is 78.9 Å². The van der Waals surface area contributed by atoms with E-state index in [1.165, 1.54) is 0 Å². The Kier molecular flexibility index (Phi) is 5.80. The number of benzene rings is 3. The molecule has 0 fully saturated rings. The molecule has 1 aliphatic heterocycles. The number of rotatable bonds is 7. The van der Waals surface area contributed by atoms with Crippen LogP contribution in [0.4, 0.5) is 5.69 Å². The van der Waals surface area contributed by atoms with Gasteiger partial charge in [0.2, 0.25) is 0 Å². The molecule has 4 nitrogen and oxygen atoms in total. The first-order valence-corrected chi connectivity index (χ1v) is 10.2. The summed E-state index contributed by atoms with van der Waals surface area (Å²) >= 11 is 0. The first kappa shape index (κ1) is 19.1. The first-order valence-electron chi connectivity index (χ1n) is 10.2.